The molecule has 1 atom stereocenters. The highest BCUT2D eigenvalue weighted by Crippen LogP contribution is 2.33. The van der Waals surface area contributed by atoms with E-state index in [9.17, 15) is 26.4 Å². The largest absolute Gasteiger partial charge is 0.393 e. The first-order valence-corrected chi connectivity index (χ1v) is 10.6. The summed E-state index contributed by atoms with van der Waals surface area (Å²) in [4.78, 5) is 13.7. The Kier molecular flexibility index (Phi) is 5.88. The van der Waals surface area contributed by atoms with E-state index in [4.69, 9.17) is 0 Å². The number of carbonyl (C=O) groups is 1. The minimum Gasteiger partial charge on any atom is -0.338 e. The van der Waals surface area contributed by atoms with E-state index in [0.717, 1.165) is 5.56 Å². The summed E-state index contributed by atoms with van der Waals surface area (Å²) in [5.74, 6) is -2.06. The van der Waals surface area contributed by atoms with Crippen LogP contribution in [0.4, 0.5) is 18.9 Å². The molecule has 1 amide bonds. The third-order valence-corrected chi connectivity index (χ3v) is 6.28. The summed E-state index contributed by atoms with van der Waals surface area (Å²) in [6.07, 6.45) is -4.05. The van der Waals surface area contributed by atoms with Crippen molar-refractivity contribution in [2.24, 2.45) is 5.92 Å². The lowest BCUT2D eigenvalue weighted by atomic mass is 9.97. The number of sulfonamides is 1. The van der Waals surface area contributed by atoms with Crippen molar-refractivity contribution < 1.29 is 26.4 Å². The van der Waals surface area contributed by atoms with Gasteiger partial charge in [0, 0.05) is 24.3 Å². The van der Waals surface area contributed by atoms with Crippen LogP contribution < -0.4 is 4.72 Å². The first kappa shape index (κ1) is 21.2. The number of piperidine rings is 1. The van der Waals surface area contributed by atoms with Gasteiger partial charge in [-0.2, -0.15) is 13.2 Å². The fourth-order valence-electron chi connectivity index (χ4n) is 3.22. The lowest BCUT2D eigenvalue weighted by Gasteiger charge is -2.33. The summed E-state index contributed by atoms with van der Waals surface area (Å²) in [5.41, 5.74) is 1.55. The number of amides is 1. The number of alkyl halides is 3. The van der Waals surface area contributed by atoms with Gasteiger partial charge in [0.1, 0.15) is 0 Å². The summed E-state index contributed by atoms with van der Waals surface area (Å²) in [6.45, 7) is 1.76. The zero-order valence-corrected chi connectivity index (χ0v) is 16.6. The van der Waals surface area contributed by atoms with Crippen molar-refractivity contribution in [2.75, 3.05) is 17.8 Å². The van der Waals surface area contributed by atoms with Gasteiger partial charge in [0.2, 0.25) is 0 Å². The van der Waals surface area contributed by atoms with Gasteiger partial charge < -0.3 is 4.90 Å². The van der Waals surface area contributed by atoms with Crippen LogP contribution in [0.5, 0.6) is 0 Å². The van der Waals surface area contributed by atoms with Crippen molar-refractivity contribution in [3.63, 3.8) is 0 Å². The van der Waals surface area contributed by atoms with Gasteiger partial charge in [0.05, 0.1) is 10.8 Å². The van der Waals surface area contributed by atoms with E-state index in [0.29, 0.717) is 5.69 Å². The number of halogens is 3. The van der Waals surface area contributed by atoms with Gasteiger partial charge in [0.15, 0.2) is 0 Å². The molecule has 0 spiro atoms. The molecule has 9 heteroatoms. The van der Waals surface area contributed by atoms with Crippen LogP contribution >= 0.6 is 0 Å². The highest BCUT2D eigenvalue weighted by atomic mass is 32.2. The number of hydrogen-bond acceptors (Lipinski definition) is 3. The van der Waals surface area contributed by atoms with Crippen LogP contribution in [0.1, 0.15) is 28.8 Å². The second kappa shape index (κ2) is 8.06. The molecule has 3 rings (SSSR count). The Morgan fingerprint density at radius 2 is 1.69 bits per heavy atom. The van der Waals surface area contributed by atoms with Gasteiger partial charge in [-0.25, -0.2) is 8.42 Å². The maximum Gasteiger partial charge on any atom is 0.393 e. The average molecular weight is 426 g/mol. The fourth-order valence-corrected chi connectivity index (χ4v) is 4.28. The van der Waals surface area contributed by atoms with Crippen LogP contribution in [0.2, 0.25) is 0 Å². The Labute approximate surface area is 167 Å². The standard InChI is InChI=1S/C20H21F3N2O3S/c1-14-4-8-17(9-5-14)24-29(27,28)18-10-6-15(7-11-18)19(26)25-12-2-3-16(13-25)20(21,22)23/h4-11,16,24H,2-3,12-13H2,1H3/t16-/m1/s1. The molecule has 2 aromatic carbocycles. The molecule has 1 fully saturated rings. The molecule has 1 aliphatic heterocycles. The molecule has 0 aromatic heterocycles. The van der Waals surface area contributed by atoms with Crippen LogP contribution in [0.15, 0.2) is 53.4 Å². The Balaban J connectivity index is 1.72. The molecule has 5 nitrogen and oxygen atoms in total. The normalized spacial score (nSPS) is 17.8. The topological polar surface area (TPSA) is 66.5 Å². The van der Waals surface area contributed by atoms with Crippen LogP contribution in [0, 0.1) is 12.8 Å². The minimum absolute atomic E-state index is 0.00907. The molecule has 1 saturated heterocycles. The van der Waals surface area contributed by atoms with Crippen LogP contribution in [-0.4, -0.2) is 38.5 Å². The van der Waals surface area contributed by atoms with Gasteiger partial charge in [0.25, 0.3) is 15.9 Å². The summed E-state index contributed by atoms with van der Waals surface area (Å²) in [6, 6.07) is 12.0. The van der Waals surface area contributed by atoms with Crippen molar-refractivity contribution in [3.05, 3.63) is 59.7 Å². The van der Waals surface area contributed by atoms with Crippen molar-refractivity contribution in [1.82, 2.24) is 4.90 Å². The molecule has 0 bridgehead atoms. The van der Waals surface area contributed by atoms with Crippen molar-refractivity contribution in [1.29, 1.82) is 0 Å². The highest BCUT2D eigenvalue weighted by Gasteiger charge is 2.42. The highest BCUT2D eigenvalue weighted by molar-refractivity contribution is 7.92. The maximum atomic E-state index is 13.0. The summed E-state index contributed by atoms with van der Waals surface area (Å²) >= 11 is 0. The predicted molar refractivity (Wildman–Crippen MR) is 103 cm³/mol. The Morgan fingerprint density at radius 1 is 1.07 bits per heavy atom. The molecule has 0 radical (unpaired) electrons. The zero-order chi connectivity index (χ0) is 21.2. The number of carbonyl (C=O) groups excluding carboxylic acids is 1. The number of hydrogen-bond donors (Lipinski definition) is 1. The number of benzene rings is 2. The van der Waals surface area contributed by atoms with Gasteiger partial charge >= 0.3 is 6.18 Å². The van der Waals surface area contributed by atoms with Crippen molar-refractivity contribution in [3.8, 4) is 0 Å². The van der Waals surface area contributed by atoms with E-state index in [1.165, 1.54) is 29.2 Å². The molecule has 0 unspecified atom stereocenters. The Morgan fingerprint density at radius 3 is 2.28 bits per heavy atom. The molecule has 1 aliphatic rings. The van der Waals surface area contributed by atoms with Gasteiger partial charge in [-0.3, -0.25) is 9.52 Å². The molecule has 1 N–H and O–H groups in total. The van der Waals surface area contributed by atoms with Crippen molar-refractivity contribution in [2.45, 2.75) is 30.8 Å². The van der Waals surface area contributed by atoms with Crippen LogP contribution in [0.3, 0.4) is 0 Å². The monoisotopic (exact) mass is 426 g/mol. The second-order valence-corrected chi connectivity index (χ2v) is 8.81. The SMILES string of the molecule is Cc1ccc(NS(=O)(=O)c2ccc(C(=O)N3CCC[C@@H](C(F)(F)F)C3)cc2)cc1. The molecular weight excluding hydrogens is 405 g/mol. The predicted octanol–water partition coefficient (Wildman–Crippen LogP) is 4.21. The number of nitrogens with one attached hydrogen (secondary N) is 1. The molecule has 2 aromatic rings. The number of nitrogens with zero attached hydrogens (tertiary/aromatic N) is 1. The van der Waals surface area contributed by atoms with Gasteiger partial charge in [-0.15, -0.1) is 0 Å². The minimum atomic E-state index is -4.33. The zero-order valence-electron chi connectivity index (χ0n) is 15.7. The lowest BCUT2D eigenvalue weighted by Crippen LogP contribution is -2.44. The summed E-state index contributed by atoms with van der Waals surface area (Å²) < 4.78 is 66.3. The summed E-state index contributed by atoms with van der Waals surface area (Å²) in [7, 11) is -3.85. The van der Waals surface area contributed by atoms with E-state index < -0.39 is 28.0 Å². The lowest BCUT2D eigenvalue weighted by molar-refractivity contribution is -0.184. The first-order valence-electron chi connectivity index (χ1n) is 9.12. The summed E-state index contributed by atoms with van der Waals surface area (Å²) in [5, 5.41) is 0. The van der Waals surface area contributed by atoms with E-state index in [2.05, 4.69) is 4.72 Å². The van der Waals surface area contributed by atoms with E-state index in [-0.39, 0.29) is 36.4 Å². The molecule has 0 saturated carbocycles. The second-order valence-electron chi connectivity index (χ2n) is 7.13. The molecule has 1 heterocycles. The molecule has 0 aliphatic carbocycles. The van der Waals surface area contributed by atoms with Crippen molar-refractivity contribution >= 4 is 21.6 Å². The Hall–Kier alpha value is -2.55. The number of aryl methyl sites for hydroxylation is 1. The quantitative estimate of drug-likeness (QED) is 0.797. The smallest absolute Gasteiger partial charge is 0.338 e. The third-order valence-electron chi connectivity index (χ3n) is 4.89. The maximum absolute atomic E-state index is 13.0. The van der Waals surface area contributed by atoms with E-state index >= 15 is 0 Å². The average Bonchev–Trinajstić information content (AvgIpc) is 2.68. The van der Waals surface area contributed by atoms with E-state index in [1.54, 1.807) is 24.3 Å². The molecule has 29 heavy (non-hydrogen) atoms. The van der Waals surface area contributed by atoms with Crippen LogP contribution in [-0.2, 0) is 10.0 Å². The fraction of sp³-hybridized carbons (Fsp3) is 0.350. The van der Waals surface area contributed by atoms with Crippen LogP contribution in [0.25, 0.3) is 0 Å². The number of likely N-dealkylation sites (tertiary alicyclic amines) is 1. The number of anilines is 1. The van der Waals surface area contributed by atoms with Gasteiger partial charge in [-0.05, 0) is 56.2 Å². The Bertz CT molecular complexity index is 972. The first-order chi connectivity index (χ1) is 13.6. The molecule has 156 valence electrons. The third kappa shape index (κ3) is 5.09. The van der Waals surface area contributed by atoms with E-state index in [1.807, 2.05) is 6.92 Å². The molecular formula is C20H21F3N2O3S. The van der Waals surface area contributed by atoms with Gasteiger partial charge in [-0.1, -0.05) is 17.7 Å². The number of rotatable bonds is 4.